The topological polar surface area (TPSA) is 127 Å². The van der Waals surface area contributed by atoms with Gasteiger partial charge in [0.1, 0.15) is 4.90 Å². The van der Waals surface area contributed by atoms with E-state index >= 15 is 0 Å². The molecule has 0 atom stereocenters. The van der Waals surface area contributed by atoms with Gasteiger partial charge in [0, 0.05) is 19.0 Å². The maximum absolute atomic E-state index is 12.6. The molecule has 0 unspecified atom stereocenters. The van der Waals surface area contributed by atoms with Gasteiger partial charge in [0.25, 0.3) is 0 Å². The number of rotatable bonds is 6. The van der Waals surface area contributed by atoms with Crippen LogP contribution in [-0.2, 0) is 10.0 Å². The van der Waals surface area contributed by atoms with Crippen molar-refractivity contribution < 1.29 is 18.3 Å². The Balaban J connectivity index is 2.45. The number of carboxylic acid groups (broad SMARTS) is 1. The average molecular weight is 298 g/mol. The lowest BCUT2D eigenvalue weighted by Crippen LogP contribution is -2.35. The summed E-state index contributed by atoms with van der Waals surface area (Å²) in [5.41, 5.74) is -0.324. The number of carbonyl (C=O) groups is 1. The van der Waals surface area contributed by atoms with E-state index in [-0.39, 0.29) is 29.6 Å². The molecule has 2 N–H and O–H groups in total. The summed E-state index contributed by atoms with van der Waals surface area (Å²) in [4.78, 5) is 10.8. The van der Waals surface area contributed by atoms with Gasteiger partial charge in [-0.2, -0.15) is 14.7 Å². The highest BCUT2D eigenvalue weighted by Gasteiger charge is 2.41. The lowest BCUT2D eigenvalue weighted by atomic mass is 10.4. The number of hydrogen-bond acceptors (Lipinski definition) is 5. The van der Waals surface area contributed by atoms with E-state index in [0.717, 1.165) is 12.8 Å². The van der Waals surface area contributed by atoms with Crippen LogP contribution in [-0.4, -0.2) is 46.6 Å². The van der Waals surface area contributed by atoms with Crippen molar-refractivity contribution in [3.63, 3.8) is 0 Å². The minimum absolute atomic E-state index is 0.0627. The standard InChI is InChI=1S/C11H14N4O4S/c1-7-10(9(11(16)17)14-13-7)20(18,19)15(6-2-5-12)8-3-4-8/h8H,2-4,6H2,1H3,(H,13,14)(H,16,17). The zero-order valence-electron chi connectivity index (χ0n) is 10.8. The molecule has 8 nitrogen and oxygen atoms in total. The van der Waals surface area contributed by atoms with Gasteiger partial charge in [-0.15, -0.1) is 0 Å². The monoisotopic (exact) mass is 298 g/mol. The zero-order valence-corrected chi connectivity index (χ0v) is 11.6. The van der Waals surface area contributed by atoms with Crippen LogP contribution in [0.2, 0.25) is 0 Å². The van der Waals surface area contributed by atoms with E-state index in [9.17, 15) is 13.2 Å². The third-order valence-corrected chi connectivity index (χ3v) is 5.17. The second-order valence-corrected chi connectivity index (χ2v) is 6.41. The van der Waals surface area contributed by atoms with Gasteiger partial charge in [-0.3, -0.25) is 5.10 Å². The van der Waals surface area contributed by atoms with Crippen LogP contribution in [0.3, 0.4) is 0 Å². The van der Waals surface area contributed by atoms with Crippen LogP contribution in [0.1, 0.15) is 35.4 Å². The van der Waals surface area contributed by atoms with Gasteiger partial charge in [-0.05, 0) is 19.8 Å². The number of aromatic amines is 1. The molecule has 0 saturated heterocycles. The molecule has 1 aromatic heterocycles. The van der Waals surface area contributed by atoms with E-state index in [4.69, 9.17) is 10.4 Å². The molecule has 0 aromatic carbocycles. The van der Waals surface area contributed by atoms with Crippen LogP contribution >= 0.6 is 0 Å². The first-order valence-corrected chi connectivity index (χ1v) is 7.50. The molecule has 0 aliphatic heterocycles. The lowest BCUT2D eigenvalue weighted by Gasteiger charge is -2.20. The summed E-state index contributed by atoms with van der Waals surface area (Å²) in [7, 11) is -3.97. The Kier molecular flexibility index (Phi) is 3.78. The highest BCUT2D eigenvalue weighted by Crippen LogP contribution is 2.33. The van der Waals surface area contributed by atoms with Gasteiger partial charge in [0.05, 0.1) is 11.8 Å². The van der Waals surface area contributed by atoms with Crippen LogP contribution < -0.4 is 0 Å². The number of nitriles is 1. The summed E-state index contributed by atoms with van der Waals surface area (Å²) >= 11 is 0. The minimum atomic E-state index is -3.97. The van der Waals surface area contributed by atoms with Crippen LogP contribution in [0.4, 0.5) is 0 Å². The Morgan fingerprint density at radius 3 is 2.75 bits per heavy atom. The third-order valence-electron chi connectivity index (χ3n) is 3.06. The second-order valence-electron chi connectivity index (χ2n) is 4.59. The number of carboxylic acids is 1. The number of nitrogens with one attached hydrogen (secondary N) is 1. The lowest BCUT2D eigenvalue weighted by molar-refractivity contribution is 0.0686. The third kappa shape index (κ3) is 2.52. The van der Waals surface area contributed by atoms with Crippen molar-refractivity contribution in [2.24, 2.45) is 0 Å². The van der Waals surface area contributed by atoms with Crippen molar-refractivity contribution in [3.05, 3.63) is 11.4 Å². The summed E-state index contributed by atoms with van der Waals surface area (Å²) < 4.78 is 26.4. The molecule has 1 heterocycles. The molecule has 0 spiro atoms. The smallest absolute Gasteiger partial charge is 0.357 e. The summed E-state index contributed by atoms with van der Waals surface area (Å²) in [5.74, 6) is -1.40. The maximum atomic E-state index is 12.6. The van der Waals surface area contributed by atoms with E-state index in [1.165, 1.54) is 11.2 Å². The van der Waals surface area contributed by atoms with E-state index < -0.39 is 21.7 Å². The molecule has 0 radical (unpaired) electrons. The second kappa shape index (κ2) is 5.22. The van der Waals surface area contributed by atoms with Gasteiger partial charge >= 0.3 is 5.97 Å². The SMILES string of the molecule is Cc1[nH]nc(C(=O)O)c1S(=O)(=O)N(CCC#N)C1CC1. The highest BCUT2D eigenvalue weighted by atomic mass is 32.2. The maximum Gasteiger partial charge on any atom is 0.357 e. The summed E-state index contributed by atoms with van der Waals surface area (Å²) in [6.07, 6.45) is 1.52. The number of aromatic nitrogens is 2. The number of sulfonamides is 1. The van der Waals surface area contributed by atoms with Crippen molar-refractivity contribution in [2.75, 3.05) is 6.54 Å². The number of hydrogen-bond donors (Lipinski definition) is 2. The number of aryl methyl sites for hydroxylation is 1. The molecule has 20 heavy (non-hydrogen) atoms. The zero-order chi connectivity index (χ0) is 14.9. The molecule has 9 heteroatoms. The van der Waals surface area contributed by atoms with Gasteiger partial charge in [-0.25, -0.2) is 13.2 Å². The Hall–Kier alpha value is -1.92. The van der Waals surface area contributed by atoms with Crippen LogP contribution in [0.25, 0.3) is 0 Å². The first-order valence-electron chi connectivity index (χ1n) is 6.06. The normalized spacial score (nSPS) is 15.2. The fourth-order valence-electron chi connectivity index (χ4n) is 2.02. The molecule has 1 saturated carbocycles. The number of aromatic carboxylic acids is 1. The Bertz CT molecular complexity index is 669. The van der Waals surface area contributed by atoms with Crippen molar-refractivity contribution >= 4 is 16.0 Å². The van der Waals surface area contributed by atoms with E-state index in [0.29, 0.717) is 0 Å². The van der Waals surface area contributed by atoms with Crippen LogP contribution in [0.15, 0.2) is 4.90 Å². The van der Waals surface area contributed by atoms with Gasteiger partial charge in [0.15, 0.2) is 5.69 Å². The molecule has 1 aromatic rings. The molecular weight excluding hydrogens is 284 g/mol. The molecule has 1 fully saturated rings. The molecule has 1 aliphatic rings. The van der Waals surface area contributed by atoms with E-state index in [2.05, 4.69) is 10.2 Å². The largest absolute Gasteiger partial charge is 0.476 e. The molecule has 0 bridgehead atoms. The van der Waals surface area contributed by atoms with Crippen LogP contribution in [0, 0.1) is 18.3 Å². The van der Waals surface area contributed by atoms with Crippen LogP contribution in [0.5, 0.6) is 0 Å². The molecule has 0 amide bonds. The van der Waals surface area contributed by atoms with Gasteiger partial charge in [0.2, 0.25) is 10.0 Å². The molecule has 108 valence electrons. The summed E-state index contributed by atoms with van der Waals surface area (Å²) in [6.45, 7) is 1.52. The van der Waals surface area contributed by atoms with Crippen molar-refractivity contribution in [1.29, 1.82) is 5.26 Å². The molecule has 2 rings (SSSR count). The predicted octanol–water partition coefficient (Wildman–Crippen LogP) is 0.483. The van der Waals surface area contributed by atoms with Crippen molar-refractivity contribution in [1.82, 2.24) is 14.5 Å². The van der Waals surface area contributed by atoms with Crippen molar-refractivity contribution in [2.45, 2.75) is 37.1 Å². The Morgan fingerprint density at radius 1 is 1.60 bits per heavy atom. The fourth-order valence-corrected chi connectivity index (χ4v) is 4.00. The van der Waals surface area contributed by atoms with Gasteiger partial charge in [-0.1, -0.05) is 0 Å². The van der Waals surface area contributed by atoms with E-state index in [1.807, 2.05) is 6.07 Å². The molecule has 1 aliphatic carbocycles. The number of H-pyrrole nitrogens is 1. The van der Waals surface area contributed by atoms with E-state index in [1.54, 1.807) is 0 Å². The van der Waals surface area contributed by atoms with Gasteiger partial charge < -0.3 is 5.11 Å². The highest BCUT2D eigenvalue weighted by molar-refractivity contribution is 7.89. The van der Waals surface area contributed by atoms with Crippen molar-refractivity contribution in [3.8, 4) is 6.07 Å². The Morgan fingerprint density at radius 2 is 2.25 bits per heavy atom. The first kappa shape index (κ1) is 14.5. The predicted molar refractivity (Wildman–Crippen MR) is 67.4 cm³/mol. The first-order chi connectivity index (χ1) is 9.39. The summed E-state index contributed by atoms with van der Waals surface area (Å²) in [5, 5.41) is 23.6. The summed E-state index contributed by atoms with van der Waals surface area (Å²) in [6, 6.07) is 1.76. The Labute approximate surface area is 116 Å². The fraction of sp³-hybridized carbons (Fsp3) is 0.545. The molecular formula is C11H14N4O4S. The minimum Gasteiger partial charge on any atom is -0.476 e. The average Bonchev–Trinajstić information content (AvgIpc) is 3.10. The number of nitrogens with zero attached hydrogens (tertiary/aromatic N) is 3. The quantitative estimate of drug-likeness (QED) is 0.786.